The van der Waals surface area contributed by atoms with E-state index in [0.29, 0.717) is 29.1 Å². The van der Waals surface area contributed by atoms with Crippen molar-refractivity contribution in [2.75, 3.05) is 18.9 Å². The molecule has 3 aromatic rings. The predicted molar refractivity (Wildman–Crippen MR) is 111 cm³/mol. The summed E-state index contributed by atoms with van der Waals surface area (Å²) in [4.78, 5) is 12.2. The Hall–Kier alpha value is -2.29. The topological polar surface area (TPSA) is 82.2 Å². The lowest BCUT2D eigenvalue weighted by Crippen LogP contribution is -2.32. The third kappa shape index (κ3) is 5.20. The second-order valence-electron chi connectivity index (χ2n) is 6.71. The molecule has 1 aliphatic heterocycles. The highest BCUT2D eigenvalue weighted by atomic mass is 35.5. The molecule has 1 saturated heterocycles. The van der Waals surface area contributed by atoms with Gasteiger partial charge in [0, 0.05) is 23.7 Å². The van der Waals surface area contributed by atoms with E-state index >= 15 is 0 Å². The first-order chi connectivity index (χ1) is 14.2. The monoisotopic (exact) mass is 432 g/mol. The molecule has 0 aliphatic carbocycles. The van der Waals surface area contributed by atoms with E-state index in [1.54, 1.807) is 6.26 Å². The van der Waals surface area contributed by atoms with Crippen molar-refractivity contribution in [3.63, 3.8) is 0 Å². The normalized spacial score (nSPS) is 16.2. The van der Waals surface area contributed by atoms with Crippen molar-refractivity contribution in [2.45, 2.75) is 30.6 Å². The molecule has 7 nitrogen and oxygen atoms in total. The quantitative estimate of drug-likeness (QED) is 0.547. The minimum Gasteiger partial charge on any atom is -0.467 e. The maximum atomic E-state index is 12.2. The molecule has 0 unspecified atom stereocenters. The molecule has 29 heavy (non-hydrogen) atoms. The number of halogens is 1. The molecule has 1 amide bonds. The third-order valence-corrected chi connectivity index (χ3v) is 5.82. The van der Waals surface area contributed by atoms with Crippen LogP contribution in [0.1, 0.15) is 18.6 Å². The maximum absolute atomic E-state index is 12.2. The van der Waals surface area contributed by atoms with Gasteiger partial charge in [0.1, 0.15) is 5.76 Å². The summed E-state index contributed by atoms with van der Waals surface area (Å²) in [5.41, 5.74) is 0.892. The smallest absolute Gasteiger partial charge is 0.230 e. The Morgan fingerprint density at radius 1 is 1.28 bits per heavy atom. The second kappa shape index (κ2) is 9.47. The lowest BCUT2D eigenvalue weighted by molar-refractivity contribution is -0.119. The molecule has 3 heterocycles. The molecule has 4 rings (SSSR count). The molecule has 1 aromatic carbocycles. The van der Waals surface area contributed by atoms with E-state index < -0.39 is 0 Å². The molecule has 1 atom stereocenters. The van der Waals surface area contributed by atoms with E-state index in [9.17, 15) is 4.79 Å². The highest BCUT2D eigenvalue weighted by Gasteiger charge is 2.19. The van der Waals surface area contributed by atoms with Gasteiger partial charge in [-0.3, -0.25) is 9.36 Å². The molecule has 0 bridgehead atoms. The molecule has 152 valence electrons. The van der Waals surface area contributed by atoms with Crippen molar-refractivity contribution in [1.29, 1.82) is 0 Å². The van der Waals surface area contributed by atoms with Crippen LogP contribution in [0.4, 0.5) is 0 Å². The van der Waals surface area contributed by atoms with Crippen LogP contribution in [0.3, 0.4) is 0 Å². The van der Waals surface area contributed by atoms with Gasteiger partial charge in [0.2, 0.25) is 5.91 Å². The van der Waals surface area contributed by atoms with Gasteiger partial charge in [0.05, 0.1) is 24.7 Å². The van der Waals surface area contributed by atoms with Gasteiger partial charge in [-0.2, -0.15) is 0 Å². The zero-order valence-electron chi connectivity index (χ0n) is 15.7. The number of hydrogen-bond acceptors (Lipinski definition) is 6. The summed E-state index contributed by atoms with van der Waals surface area (Å²) in [5.74, 6) is 1.68. The predicted octanol–water partition coefficient (Wildman–Crippen LogP) is 3.63. The van der Waals surface area contributed by atoms with Gasteiger partial charge < -0.3 is 14.5 Å². The number of aromatic nitrogens is 3. The number of nitrogens with zero attached hydrogens (tertiary/aromatic N) is 3. The fraction of sp³-hybridized carbons (Fsp3) is 0.350. The Labute approximate surface area is 177 Å². The zero-order chi connectivity index (χ0) is 20.1. The fourth-order valence-electron chi connectivity index (χ4n) is 3.12. The van der Waals surface area contributed by atoms with Gasteiger partial charge in [-0.15, -0.1) is 10.2 Å². The fourth-order valence-corrected chi connectivity index (χ4v) is 4.02. The maximum Gasteiger partial charge on any atom is 0.230 e. The molecule has 0 radical (unpaired) electrons. The molecule has 1 N–H and O–H groups in total. The Morgan fingerprint density at radius 2 is 2.14 bits per heavy atom. The summed E-state index contributed by atoms with van der Waals surface area (Å²) in [7, 11) is 0. The van der Waals surface area contributed by atoms with Crippen molar-refractivity contribution >= 4 is 29.3 Å². The van der Waals surface area contributed by atoms with E-state index in [2.05, 4.69) is 15.5 Å². The van der Waals surface area contributed by atoms with Gasteiger partial charge in [-0.25, -0.2) is 0 Å². The number of carbonyl (C=O) groups excluding carboxylic acids is 1. The number of thioether (sulfide) groups is 1. The van der Waals surface area contributed by atoms with Crippen LogP contribution in [0, 0.1) is 0 Å². The van der Waals surface area contributed by atoms with E-state index in [0.717, 1.165) is 30.8 Å². The van der Waals surface area contributed by atoms with Crippen LogP contribution in [0.25, 0.3) is 11.4 Å². The van der Waals surface area contributed by atoms with E-state index in [1.165, 1.54) is 11.8 Å². The summed E-state index contributed by atoms with van der Waals surface area (Å²) in [6, 6.07) is 11.2. The van der Waals surface area contributed by atoms with Crippen molar-refractivity contribution in [1.82, 2.24) is 20.1 Å². The molecule has 1 aliphatic rings. The van der Waals surface area contributed by atoms with Crippen LogP contribution in [0.2, 0.25) is 5.02 Å². The van der Waals surface area contributed by atoms with Crippen LogP contribution in [0.5, 0.6) is 0 Å². The Balaban J connectivity index is 1.46. The Kier molecular flexibility index (Phi) is 6.53. The van der Waals surface area contributed by atoms with Crippen molar-refractivity contribution in [3.05, 3.63) is 53.4 Å². The number of nitrogens with one attached hydrogen (secondary N) is 1. The van der Waals surface area contributed by atoms with E-state index in [1.807, 2.05) is 41.0 Å². The summed E-state index contributed by atoms with van der Waals surface area (Å²) >= 11 is 7.35. The lowest BCUT2D eigenvalue weighted by atomic mass is 10.2. The number of rotatable bonds is 8. The van der Waals surface area contributed by atoms with Crippen molar-refractivity contribution in [3.8, 4) is 11.4 Å². The van der Waals surface area contributed by atoms with Gasteiger partial charge in [-0.05, 0) is 49.2 Å². The number of hydrogen-bond donors (Lipinski definition) is 1. The van der Waals surface area contributed by atoms with Gasteiger partial charge in [-0.1, -0.05) is 23.4 Å². The SMILES string of the molecule is O=C(CSc1nnc(-c2ccc(Cl)cc2)n1Cc1ccco1)NC[C@H]1CCCO1. The second-order valence-corrected chi connectivity index (χ2v) is 8.09. The average molecular weight is 433 g/mol. The highest BCUT2D eigenvalue weighted by molar-refractivity contribution is 7.99. The standard InChI is InChI=1S/C20H21ClN4O3S/c21-15-7-5-14(6-8-15)19-23-24-20(25(19)12-17-4-2-10-28-17)29-13-18(26)22-11-16-3-1-9-27-16/h2,4-8,10,16H,1,3,9,11-13H2,(H,22,26)/t16-/m1/s1. The zero-order valence-corrected chi connectivity index (χ0v) is 17.3. The summed E-state index contributed by atoms with van der Waals surface area (Å²) in [6.45, 7) is 1.80. The van der Waals surface area contributed by atoms with Gasteiger partial charge >= 0.3 is 0 Å². The number of amides is 1. The average Bonchev–Trinajstić information content (AvgIpc) is 3.49. The van der Waals surface area contributed by atoms with E-state index in [4.69, 9.17) is 20.8 Å². The Bertz CT molecular complexity index is 937. The molecule has 1 fully saturated rings. The molecule has 0 spiro atoms. The molecule has 9 heteroatoms. The lowest BCUT2D eigenvalue weighted by Gasteiger charge is -2.11. The highest BCUT2D eigenvalue weighted by Crippen LogP contribution is 2.26. The first-order valence-corrected chi connectivity index (χ1v) is 10.8. The van der Waals surface area contributed by atoms with Crippen LogP contribution < -0.4 is 5.32 Å². The molecular weight excluding hydrogens is 412 g/mol. The largest absolute Gasteiger partial charge is 0.467 e. The van der Waals surface area contributed by atoms with Crippen LogP contribution >= 0.6 is 23.4 Å². The van der Waals surface area contributed by atoms with Crippen LogP contribution in [-0.4, -0.2) is 45.7 Å². The van der Waals surface area contributed by atoms with Gasteiger partial charge in [0.25, 0.3) is 0 Å². The third-order valence-electron chi connectivity index (χ3n) is 4.60. The van der Waals surface area contributed by atoms with Crippen LogP contribution in [-0.2, 0) is 16.1 Å². The van der Waals surface area contributed by atoms with Crippen molar-refractivity contribution in [2.24, 2.45) is 0 Å². The minimum absolute atomic E-state index is 0.0499. The summed E-state index contributed by atoms with van der Waals surface area (Å²) in [5, 5.41) is 12.9. The number of ether oxygens (including phenoxy) is 1. The first-order valence-electron chi connectivity index (χ1n) is 9.41. The number of carbonyl (C=O) groups is 1. The molecule has 2 aromatic heterocycles. The Morgan fingerprint density at radius 3 is 2.86 bits per heavy atom. The molecule has 0 saturated carbocycles. The molecular formula is C20H21ClN4O3S. The van der Waals surface area contributed by atoms with Crippen molar-refractivity contribution < 1.29 is 13.9 Å². The summed E-state index contributed by atoms with van der Waals surface area (Å²) in [6.07, 6.45) is 3.81. The number of benzene rings is 1. The van der Waals surface area contributed by atoms with Gasteiger partial charge in [0.15, 0.2) is 11.0 Å². The van der Waals surface area contributed by atoms with E-state index in [-0.39, 0.29) is 17.8 Å². The summed E-state index contributed by atoms with van der Waals surface area (Å²) < 4.78 is 13.0. The first kappa shape index (κ1) is 20.0. The number of furan rings is 1. The van der Waals surface area contributed by atoms with Crippen LogP contribution in [0.15, 0.2) is 52.2 Å². The minimum atomic E-state index is -0.0499.